The van der Waals surface area contributed by atoms with Gasteiger partial charge in [0, 0.05) is 12.1 Å². The van der Waals surface area contributed by atoms with Crippen molar-refractivity contribution in [1.82, 2.24) is 0 Å². The third kappa shape index (κ3) is 3.16. The second-order valence-electron chi connectivity index (χ2n) is 4.70. The Hall–Kier alpha value is -1.43. The standard InChI is InChI=1S/C15H15Cl2NO3S/c1-10-4-5-11(16)8-14(10)18(2)22(19,20)12-6-7-15(21-3)13(17)9-12/h4-9H,1-3H3. The number of hydrogen-bond acceptors (Lipinski definition) is 3. The molecule has 2 aromatic carbocycles. The first kappa shape index (κ1) is 16.9. The summed E-state index contributed by atoms with van der Waals surface area (Å²) < 4.78 is 31.7. The van der Waals surface area contributed by atoms with Gasteiger partial charge in [-0.15, -0.1) is 0 Å². The Balaban J connectivity index is 2.49. The monoisotopic (exact) mass is 359 g/mol. The van der Waals surface area contributed by atoms with E-state index in [1.54, 1.807) is 18.2 Å². The lowest BCUT2D eigenvalue weighted by Gasteiger charge is -2.22. The molecule has 118 valence electrons. The molecule has 0 radical (unpaired) electrons. The van der Waals surface area contributed by atoms with E-state index in [1.807, 2.05) is 6.92 Å². The average molecular weight is 360 g/mol. The van der Waals surface area contributed by atoms with E-state index in [4.69, 9.17) is 27.9 Å². The molecule has 2 rings (SSSR count). The summed E-state index contributed by atoms with van der Waals surface area (Å²) in [5.41, 5.74) is 1.31. The number of anilines is 1. The predicted octanol–water partition coefficient (Wildman–Crippen LogP) is 4.14. The van der Waals surface area contributed by atoms with Crippen LogP contribution in [-0.2, 0) is 10.0 Å². The summed E-state index contributed by atoms with van der Waals surface area (Å²) in [6.07, 6.45) is 0. The number of nitrogens with zero attached hydrogens (tertiary/aromatic N) is 1. The lowest BCUT2D eigenvalue weighted by atomic mass is 10.2. The molecule has 0 fully saturated rings. The highest BCUT2D eigenvalue weighted by Crippen LogP contribution is 2.31. The van der Waals surface area contributed by atoms with Crippen molar-refractivity contribution in [2.75, 3.05) is 18.5 Å². The Morgan fingerprint density at radius 1 is 1.09 bits per heavy atom. The molecule has 22 heavy (non-hydrogen) atoms. The molecule has 0 saturated carbocycles. The summed E-state index contributed by atoms with van der Waals surface area (Å²) in [5, 5.41) is 0.704. The van der Waals surface area contributed by atoms with Gasteiger partial charge in [-0.25, -0.2) is 8.42 Å². The topological polar surface area (TPSA) is 46.6 Å². The molecule has 0 aliphatic carbocycles. The van der Waals surface area contributed by atoms with Gasteiger partial charge in [0.15, 0.2) is 0 Å². The first-order chi connectivity index (χ1) is 10.3. The number of ether oxygens (including phenoxy) is 1. The van der Waals surface area contributed by atoms with Crippen LogP contribution in [0.1, 0.15) is 5.56 Å². The molecule has 0 spiro atoms. The minimum atomic E-state index is -3.74. The Bertz CT molecular complexity index is 806. The van der Waals surface area contributed by atoms with E-state index in [1.165, 1.54) is 36.7 Å². The van der Waals surface area contributed by atoms with Crippen LogP contribution in [0.5, 0.6) is 5.75 Å². The molecular weight excluding hydrogens is 345 g/mol. The number of hydrogen-bond donors (Lipinski definition) is 0. The molecule has 0 saturated heterocycles. The molecule has 0 aliphatic rings. The van der Waals surface area contributed by atoms with Gasteiger partial charge in [-0.05, 0) is 42.8 Å². The number of sulfonamides is 1. The Labute approximate surface area is 140 Å². The maximum absolute atomic E-state index is 12.7. The molecule has 7 heteroatoms. The summed E-state index contributed by atoms with van der Waals surface area (Å²) in [6.45, 7) is 1.82. The van der Waals surface area contributed by atoms with Gasteiger partial charge in [-0.1, -0.05) is 29.3 Å². The molecule has 0 aliphatic heterocycles. The maximum Gasteiger partial charge on any atom is 0.264 e. The molecule has 2 aromatic rings. The van der Waals surface area contributed by atoms with Crippen molar-refractivity contribution in [2.24, 2.45) is 0 Å². The van der Waals surface area contributed by atoms with Gasteiger partial charge < -0.3 is 4.74 Å². The molecule has 0 N–H and O–H groups in total. The quantitative estimate of drug-likeness (QED) is 0.824. The molecule has 0 atom stereocenters. The van der Waals surface area contributed by atoms with Gasteiger partial charge in [0.05, 0.1) is 22.7 Å². The number of rotatable bonds is 4. The van der Waals surface area contributed by atoms with Crippen LogP contribution >= 0.6 is 23.2 Å². The van der Waals surface area contributed by atoms with Crippen LogP contribution in [0.2, 0.25) is 10.0 Å². The maximum atomic E-state index is 12.7. The SMILES string of the molecule is COc1ccc(S(=O)(=O)N(C)c2cc(Cl)ccc2C)cc1Cl. The zero-order valence-corrected chi connectivity index (χ0v) is 14.6. The first-order valence-electron chi connectivity index (χ1n) is 6.36. The van der Waals surface area contributed by atoms with Crippen molar-refractivity contribution in [2.45, 2.75) is 11.8 Å². The molecule has 0 heterocycles. The highest BCUT2D eigenvalue weighted by atomic mass is 35.5. The molecule has 0 bridgehead atoms. The Morgan fingerprint density at radius 3 is 2.36 bits per heavy atom. The highest BCUT2D eigenvalue weighted by molar-refractivity contribution is 7.92. The lowest BCUT2D eigenvalue weighted by Crippen LogP contribution is -2.27. The van der Waals surface area contributed by atoms with E-state index in [-0.39, 0.29) is 9.92 Å². The number of methoxy groups -OCH3 is 1. The van der Waals surface area contributed by atoms with Crippen molar-refractivity contribution in [3.63, 3.8) is 0 Å². The fourth-order valence-electron chi connectivity index (χ4n) is 2.02. The second-order valence-corrected chi connectivity index (χ2v) is 7.51. The van der Waals surface area contributed by atoms with E-state index in [2.05, 4.69) is 0 Å². The van der Waals surface area contributed by atoms with E-state index in [0.717, 1.165) is 5.56 Å². The summed E-state index contributed by atoms with van der Waals surface area (Å²) in [7, 11) is -0.797. The molecular formula is C15H15Cl2NO3S. The second kappa shape index (κ2) is 6.36. The number of benzene rings is 2. The van der Waals surface area contributed by atoms with Crippen LogP contribution in [0.4, 0.5) is 5.69 Å². The van der Waals surface area contributed by atoms with Crippen LogP contribution < -0.4 is 9.04 Å². The molecule has 0 aromatic heterocycles. The van der Waals surface area contributed by atoms with Crippen LogP contribution in [0.25, 0.3) is 0 Å². The average Bonchev–Trinajstić information content (AvgIpc) is 2.48. The van der Waals surface area contributed by atoms with Gasteiger partial charge in [0.2, 0.25) is 0 Å². The Morgan fingerprint density at radius 2 is 1.77 bits per heavy atom. The number of halogens is 2. The smallest absolute Gasteiger partial charge is 0.264 e. The fourth-order valence-corrected chi connectivity index (χ4v) is 3.78. The Kier molecular flexibility index (Phi) is 4.90. The molecule has 0 unspecified atom stereocenters. The van der Waals surface area contributed by atoms with Crippen molar-refractivity contribution >= 4 is 38.9 Å². The van der Waals surface area contributed by atoms with Crippen molar-refractivity contribution in [3.8, 4) is 5.75 Å². The zero-order valence-electron chi connectivity index (χ0n) is 12.3. The third-order valence-corrected chi connectivity index (χ3v) is 5.59. The largest absolute Gasteiger partial charge is 0.495 e. The summed E-state index contributed by atoms with van der Waals surface area (Å²) in [5.74, 6) is 0.419. The van der Waals surface area contributed by atoms with Crippen molar-refractivity contribution in [3.05, 3.63) is 52.0 Å². The fraction of sp³-hybridized carbons (Fsp3) is 0.200. The van der Waals surface area contributed by atoms with E-state index >= 15 is 0 Å². The minimum absolute atomic E-state index is 0.0835. The summed E-state index contributed by atoms with van der Waals surface area (Å²) in [4.78, 5) is 0.0835. The van der Waals surface area contributed by atoms with Crippen molar-refractivity contribution < 1.29 is 13.2 Å². The van der Waals surface area contributed by atoms with Gasteiger partial charge in [0.25, 0.3) is 10.0 Å². The highest BCUT2D eigenvalue weighted by Gasteiger charge is 2.23. The van der Waals surface area contributed by atoms with Crippen LogP contribution in [0.15, 0.2) is 41.3 Å². The lowest BCUT2D eigenvalue weighted by molar-refractivity contribution is 0.414. The van der Waals surface area contributed by atoms with Crippen LogP contribution in [0, 0.1) is 6.92 Å². The minimum Gasteiger partial charge on any atom is -0.495 e. The van der Waals surface area contributed by atoms with Crippen LogP contribution in [-0.4, -0.2) is 22.6 Å². The normalized spacial score (nSPS) is 11.3. The van der Waals surface area contributed by atoms with Gasteiger partial charge in [-0.3, -0.25) is 4.31 Å². The first-order valence-corrected chi connectivity index (χ1v) is 8.55. The molecule has 0 amide bonds. The van der Waals surface area contributed by atoms with Gasteiger partial charge in [-0.2, -0.15) is 0 Å². The summed E-state index contributed by atoms with van der Waals surface area (Å²) >= 11 is 12.0. The van der Waals surface area contributed by atoms with Crippen LogP contribution in [0.3, 0.4) is 0 Å². The third-order valence-electron chi connectivity index (χ3n) is 3.29. The van der Waals surface area contributed by atoms with Gasteiger partial charge in [0.1, 0.15) is 5.75 Å². The van der Waals surface area contributed by atoms with E-state index < -0.39 is 10.0 Å². The molecule has 4 nitrogen and oxygen atoms in total. The van der Waals surface area contributed by atoms with Crippen molar-refractivity contribution in [1.29, 1.82) is 0 Å². The predicted molar refractivity (Wildman–Crippen MR) is 89.8 cm³/mol. The van der Waals surface area contributed by atoms with E-state index in [0.29, 0.717) is 16.5 Å². The van der Waals surface area contributed by atoms with Gasteiger partial charge >= 0.3 is 0 Å². The number of aryl methyl sites for hydroxylation is 1. The summed E-state index contributed by atoms with van der Waals surface area (Å²) in [6, 6.07) is 9.44. The zero-order chi connectivity index (χ0) is 16.5. The van der Waals surface area contributed by atoms with E-state index in [9.17, 15) is 8.42 Å².